The number of rotatable bonds is 4. The van der Waals surface area contributed by atoms with Gasteiger partial charge in [0, 0.05) is 24.7 Å². The third kappa shape index (κ3) is 3.90. The number of aromatic nitrogens is 1. The van der Waals surface area contributed by atoms with Gasteiger partial charge in [-0.15, -0.1) is 0 Å². The van der Waals surface area contributed by atoms with E-state index >= 15 is 0 Å². The molecule has 1 aliphatic rings. The molecule has 1 atom stereocenters. The lowest BCUT2D eigenvalue weighted by Crippen LogP contribution is -2.44. The highest BCUT2D eigenvalue weighted by atomic mass is 32.2. The van der Waals surface area contributed by atoms with E-state index in [9.17, 15) is 4.79 Å². The van der Waals surface area contributed by atoms with Crippen molar-refractivity contribution in [1.29, 1.82) is 0 Å². The van der Waals surface area contributed by atoms with Crippen LogP contribution in [0.15, 0.2) is 48.8 Å². The first-order chi connectivity index (χ1) is 11.3. The van der Waals surface area contributed by atoms with Crippen molar-refractivity contribution in [3.63, 3.8) is 0 Å². The number of hydrogen-bond acceptors (Lipinski definition) is 5. The van der Waals surface area contributed by atoms with Crippen molar-refractivity contribution >= 4 is 17.9 Å². The number of amides is 1. The molecule has 1 amide bonds. The van der Waals surface area contributed by atoms with Gasteiger partial charge in [-0.3, -0.25) is 15.0 Å². The number of nitrogens with zero attached hydrogens (tertiary/aromatic N) is 2. The Kier molecular flexibility index (Phi) is 5.27. The van der Waals surface area contributed by atoms with Gasteiger partial charge in [-0.1, -0.05) is 42.3 Å². The van der Waals surface area contributed by atoms with Crippen molar-refractivity contribution in [2.75, 3.05) is 5.75 Å². The minimum Gasteiger partial charge on any atom is -0.289 e. The molecule has 120 valence electrons. The second-order valence-electron chi connectivity index (χ2n) is 5.48. The molecule has 0 aliphatic carbocycles. The largest absolute Gasteiger partial charge is 0.289 e. The molecule has 23 heavy (non-hydrogen) atoms. The van der Waals surface area contributed by atoms with Crippen molar-refractivity contribution < 1.29 is 10.0 Å². The minimum atomic E-state index is -0.329. The Balaban J connectivity index is 1.71. The number of nitrogens with one attached hydrogen (secondary N) is 1. The Morgan fingerprint density at radius 2 is 2.13 bits per heavy atom. The SMILES string of the molecule is O=C(NO)[C@H]1CCCSN1Cc1ccc(-c2cccnc2)cc1. The molecule has 1 aromatic heterocycles. The maximum Gasteiger partial charge on any atom is 0.261 e. The van der Waals surface area contributed by atoms with E-state index in [1.165, 1.54) is 0 Å². The summed E-state index contributed by atoms with van der Waals surface area (Å²) in [6.07, 6.45) is 5.36. The molecule has 0 spiro atoms. The Morgan fingerprint density at radius 3 is 2.83 bits per heavy atom. The summed E-state index contributed by atoms with van der Waals surface area (Å²) < 4.78 is 2.05. The van der Waals surface area contributed by atoms with Gasteiger partial charge in [-0.25, -0.2) is 9.79 Å². The van der Waals surface area contributed by atoms with E-state index < -0.39 is 0 Å². The lowest BCUT2D eigenvalue weighted by molar-refractivity contribution is -0.133. The summed E-state index contributed by atoms with van der Waals surface area (Å²) in [7, 11) is 0. The highest BCUT2D eigenvalue weighted by Gasteiger charge is 2.29. The number of carbonyl (C=O) groups is 1. The molecule has 5 nitrogen and oxygen atoms in total. The first-order valence-electron chi connectivity index (χ1n) is 7.61. The predicted molar refractivity (Wildman–Crippen MR) is 90.6 cm³/mol. The van der Waals surface area contributed by atoms with Crippen LogP contribution in [-0.4, -0.2) is 32.2 Å². The smallest absolute Gasteiger partial charge is 0.261 e. The number of carbonyl (C=O) groups excluding carboxylic acids is 1. The van der Waals surface area contributed by atoms with Crippen molar-refractivity contribution in [1.82, 2.24) is 14.8 Å². The summed E-state index contributed by atoms with van der Waals surface area (Å²) in [5, 5.41) is 8.89. The van der Waals surface area contributed by atoms with E-state index in [0.29, 0.717) is 6.54 Å². The van der Waals surface area contributed by atoms with Gasteiger partial charge >= 0.3 is 0 Å². The molecule has 2 aromatic rings. The molecule has 1 saturated heterocycles. The van der Waals surface area contributed by atoms with Crippen LogP contribution in [0.2, 0.25) is 0 Å². The molecule has 0 radical (unpaired) electrons. The topological polar surface area (TPSA) is 65.5 Å². The average Bonchev–Trinajstić information content (AvgIpc) is 2.63. The zero-order valence-electron chi connectivity index (χ0n) is 12.7. The number of benzene rings is 1. The van der Waals surface area contributed by atoms with Crippen LogP contribution in [0.3, 0.4) is 0 Å². The molecule has 1 fully saturated rings. The molecular formula is C17H19N3O2S. The standard InChI is InChI=1S/C17H19N3O2S/c21-17(19-22)16-4-2-10-23-20(16)12-13-5-7-14(8-6-13)15-3-1-9-18-11-15/h1,3,5-9,11,16,22H,2,4,10,12H2,(H,19,21)/t16-/m1/s1. The molecule has 6 heteroatoms. The van der Waals surface area contributed by atoms with Crippen molar-refractivity contribution in [2.45, 2.75) is 25.4 Å². The van der Waals surface area contributed by atoms with Crippen LogP contribution in [0.5, 0.6) is 0 Å². The summed E-state index contributed by atoms with van der Waals surface area (Å²) in [6, 6.07) is 12.0. The van der Waals surface area contributed by atoms with E-state index in [2.05, 4.69) is 29.2 Å². The second kappa shape index (κ2) is 7.59. The molecule has 0 unspecified atom stereocenters. The normalized spacial score (nSPS) is 18.6. The van der Waals surface area contributed by atoms with Crippen LogP contribution in [0, 0.1) is 0 Å². The van der Waals surface area contributed by atoms with Crippen LogP contribution in [0.1, 0.15) is 18.4 Å². The molecule has 2 heterocycles. The summed E-state index contributed by atoms with van der Waals surface area (Å²) in [5.41, 5.74) is 5.13. The van der Waals surface area contributed by atoms with E-state index in [4.69, 9.17) is 5.21 Å². The fourth-order valence-electron chi connectivity index (χ4n) is 2.70. The first kappa shape index (κ1) is 16.0. The van der Waals surface area contributed by atoms with E-state index in [1.54, 1.807) is 23.6 Å². The summed E-state index contributed by atoms with van der Waals surface area (Å²) in [5.74, 6) is 0.673. The zero-order chi connectivity index (χ0) is 16.1. The van der Waals surface area contributed by atoms with Gasteiger partial charge in [0.1, 0.15) is 6.04 Å². The molecular weight excluding hydrogens is 310 g/mol. The van der Waals surface area contributed by atoms with Crippen LogP contribution in [0.4, 0.5) is 0 Å². The summed E-state index contributed by atoms with van der Waals surface area (Å²) >= 11 is 1.66. The lowest BCUT2D eigenvalue weighted by atomic mass is 10.1. The Labute approximate surface area is 139 Å². The molecule has 2 N–H and O–H groups in total. The van der Waals surface area contributed by atoms with E-state index in [1.807, 2.05) is 22.6 Å². The average molecular weight is 329 g/mol. The molecule has 1 aliphatic heterocycles. The highest BCUT2D eigenvalue weighted by molar-refractivity contribution is 7.97. The van der Waals surface area contributed by atoms with Gasteiger partial charge in [-0.2, -0.15) is 0 Å². The molecule has 0 bridgehead atoms. The molecule has 0 saturated carbocycles. The maximum atomic E-state index is 11.8. The van der Waals surface area contributed by atoms with E-state index in [0.717, 1.165) is 35.3 Å². The van der Waals surface area contributed by atoms with Crippen LogP contribution in [-0.2, 0) is 11.3 Å². The van der Waals surface area contributed by atoms with Crippen molar-refractivity contribution in [3.05, 3.63) is 54.4 Å². The Hall–Kier alpha value is -1.89. The Morgan fingerprint density at radius 1 is 1.30 bits per heavy atom. The molecule has 3 rings (SSSR count). The third-order valence-corrected chi connectivity index (χ3v) is 5.11. The van der Waals surface area contributed by atoms with Gasteiger partial charge in [0.05, 0.1) is 0 Å². The Bertz CT molecular complexity index is 649. The third-order valence-electron chi connectivity index (χ3n) is 3.93. The number of hydrogen-bond donors (Lipinski definition) is 2. The monoisotopic (exact) mass is 329 g/mol. The number of hydroxylamine groups is 1. The first-order valence-corrected chi connectivity index (χ1v) is 8.55. The minimum absolute atomic E-state index is 0.281. The highest BCUT2D eigenvalue weighted by Crippen LogP contribution is 2.28. The van der Waals surface area contributed by atoms with Gasteiger partial charge in [0.15, 0.2) is 0 Å². The second-order valence-corrected chi connectivity index (χ2v) is 6.62. The zero-order valence-corrected chi connectivity index (χ0v) is 13.5. The maximum absolute atomic E-state index is 11.8. The fourth-order valence-corrected chi connectivity index (χ4v) is 3.85. The van der Waals surface area contributed by atoms with Crippen LogP contribution < -0.4 is 5.48 Å². The fraction of sp³-hybridized carbons (Fsp3) is 0.294. The molecule has 1 aromatic carbocycles. The summed E-state index contributed by atoms with van der Waals surface area (Å²) in [6.45, 7) is 0.677. The quantitative estimate of drug-likeness (QED) is 0.513. The van der Waals surface area contributed by atoms with Crippen molar-refractivity contribution in [3.8, 4) is 11.1 Å². The van der Waals surface area contributed by atoms with Crippen molar-refractivity contribution in [2.24, 2.45) is 0 Å². The summed E-state index contributed by atoms with van der Waals surface area (Å²) in [4.78, 5) is 15.9. The predicted octanol–water partition coefficient (Wildman–Crippen LogP) is 2.87. The van der Waals surface area contributed by atoms with Gasteiger partial charge in [0.2, 0.25) is 0 Å². The van der Waals surface area contributed by atoms with E-state index in [-0.39, 0.29) is 11.9 Å². The van der Waals surface area contributed by atoms with Gasteiger partial charge in [0.25, 0.3) is 5.91 Å². The van der Waals surface area contributed by atoms with Crippen LogP contribution in [0.25, 0.3) is 11.1 Å². The number of pyridine rings is 1. The lowest BCUT2D eigenvalue weighted by Gasteiger charge is -2.32. The van der Waals surface area contributed by atoms with Gasteiger partial charge in [-0.05, 0) is 35.6 Å². The van der Waals surface area contributed by atoms with Crippen LogP contribution >= 0.6 is 11.9 Å². The van der Waals surface area contributed by atoms with Gasteiger partial charge < -0.3 is 0 Å².